The van der Waals surface area contributed by atoms with Crippen molar-refractivity contribution in [2.24, 2.45) is 11.7 Å². The molecule has 0 radical (unpaired) electrons. The van der Waals surface area contributed by atoms with Gasteiger partial charge in [-0.05, 0) is 41.2 Å². The topological polar surface area (TPSA) is 64.4 Å². The van der Waals surface area contributed by atoms with Gasteiger partial charge in [-0.25, -0.2) is 0 Å². The van der Waals surface area contributed by atoms with Crippen LogP contribution in [0.25, 0.3) is 10.8 Å². The van der Waals surface area contributed by atoms with Crippen LogP contribution in [0.3, 0.4) is 0 Å². The van der Waals surface area contributed by atoms with E-state index in [1.165, 1.54) is 10.8 Å². The molecule has 22 heavy (non-hydrogen) atoms. The first-order valence-corrected chi connectivity index (χ1v) is 7.83. The minimum atomic E-state index is -0.440. The molecule has 3 N–H and O–H groups in total. The molecule has 1 unspecified atom stereocenters. The SMILES string of the molecule is NC(C(=O)NCc1ccc2ccccc2c1)C1CCOCC1. The maximum Gasteiger partial charge on any atom is 0.237 e. The van der Waals surface area contributed by atoms with Gasteiger partial charge >= 0.3 is 0 Å². The first-order valence-electron chi connectivity index (χ1n) is 7.83. The molecule has 0 aliphatic carbocycles. The molecule has 2 aromatic carbocycles. The molecule has 0 bridgehead atoms. The molecule has 3 rings (SSSR count). The van der Waals surface area contributed by atoms with Gasteiger partial charge in [0.2, 0.25) is 5.91 Å². The minimum Gasteiger partial charge on any atom is -0.381 e. The van der Waals surface area contributed by atoms with Gasteiger partial charge in [0, 0.05) is 19.8 Å². The molecule has 1 amide bonds. The van der Waals surface area contributed by atoms with E-state index in [9.17, 15) is 4.79 Å². The Kier molecular flexibility index (Phi) is 4.71. The number of hydrogen-bond acceptors (Lipinski definition) is 3. The molecule has 1 atom stereocenters. The Morgan fingerprint density at radius 3 is 2.68 bits per heavy atom. The third kappa shape index (κ3) is 3.46. The smallest absolute Gasteiger partial charge is 0.237 e. The van der Waals surface area contributed by atoms with Crippen molar-refractivity contribution in [2.75, 3.05) is 13.2 Å². The molecule has 1 aliphatic heterocycles. The summed E-state index contributed by atoms with van der Waals surface area (Å²) in [5.41, 5.74) is 7.17. The zero-order valence-corrected chi connectivity index (χ0v) is 12.6. The van der Waals surface area contributed by atoms with Gasteiger partial charge in [0.25, 0.3) is 0 Å². The summed E-state index contributed by atoms with van der Waals surface area (Å²) in [6, 6.07) is 14.0. The number of ether oxygens (including phenoxy) is 1. The van der Waals surface area contributed by atoms with Crippen molar-refractivity contribution in [3.63, 3.8) is 0 Å². The van der Waals surface area contributed by atoms with E-state index in [2.05, 4.69) is 29.6 Å². The molecule has 1 fully saturated rings. The molecule has 1 aliphatic rings. The van der Waals surface area contributed by atoms with E-state index in [0.29, 0.717) is 19.8 Å². The summed E-state index contributed by atoms with van der Waals surface area (Å²) in [7, 11) is 0. The van der Waals surface area contributed by atoms with Gasteiger partial charge in [-0.1, -0.05) is 36.4 Å². The Labute approximate surface area is 130 Å². The van der Waals surface area contributed by atoms with Crippen LogP contribution in [0.2, 0.25) is 0 Å². The zero-order valence-electron chi connectivity index (χ0n) is 12.6. The number of fused-ring (bicyclic) bond motifs is 1. The normalized spacial score (nSPS) is 17.3. The number of hydrogen-bond donors (Lipinski definition) is 2. The Morgan fingerprint density at radius 1 is 1.18 bits per heavy atom. The van der Waals surface area contributed by atoms with Gasteiger partial charge in [-0.15, -0.1) is 0 Å². The molecule has 0 spiro atoms. The highest BCUT2D eigenvalue weighted by Gasteiger charge is 2.26. The van der Waals surface area contributed by atoms with E-state index < -0.39 is 6.04 Å². The number of carbonyl (C=O) groups excluding carboxylic acids is 1. The molecule has 4 heteroatoms. The van der Waals surface area contributed by atoms with Crippen LogP contribution >= 0.6 is 0 Å². The second kappa shape index (κ2) is 6.90. The van der Waals surface area contributed by atoms with Crippen molar-refractivity contribution in [3.05, 3.63) is 48.0 Å². The summed E-state index contributed by atoms with van der Waals surface area (Å²) in [6.45, 7) is 1.92. The van der Waals surface area contributed by atoms with Crippen LogP contribution in [0.1, 0.15) is 18.4 Å². The van der Waals surface area contributed by atoms with Gasteiger partial charge in [-0.3, -0.25) is 4.79 Å². The van der Waals surface area contributed by atoms with Crippen molar-refractivity contribution >= 4 is 16.7 Å². The Bertz CT molecular complexity index is 650. The number of benzene rings is 2. The molecule has 1 heterocycles. The first-order chi connectivity index (χ1) is 10.7. The van der Waals surface area contributed by atoms with Crippen molar-refractivity contribution in [1.29, 1.82) is 0 Å². The second-order valence-corrected chi connectivity index (χ2v) is 5.87. The lowest BCUT2D eigenvalue weighted by molar-refractivity contribution is -0.124. The van der Waals surface area contributed by atoms with Crippen LogP contribution in [0.15, 0.2) is 42.5 Å². The summed E-state index contributed by atoms with van der Waals surface area (Å²) >= 11 is 0. The van der Waals surface area contributed by atoms with Crippen molar-refractivity contribution in [1.82, 2.24) is 5.32 Å². The number of amides is 1. The van der Waals surface area contributed by atoms with E-state index in [4.69, 9.17) is 10.5 Å². The maximum absolute atomic E-state index is 12.2. The Hall–Kier alpha value is -1.91. The van der Waals surface area contributed by atoms with E-state index in [1.807, 2.05) is 18.2 Å². The molecular weight excluding hydrogens is 276 g/mol. The van der Waals surface area contributed by atoms with Gasteiger partial charge in [-0.2, -0.15) is 0 Å². The molecule has 0 saturated carbocycles. The highest BCUT2D eigenvalue weighted by Crippen LogP contribution is 2.18. The lowest BCUT2D eigenvalue weighted by Crippen LogP contribution is -2.46. The molecule has 116 valence electrons. The summed E-state index contributed by atoms with van der Waals surface area (Å²) in [6.07, 6.45) is 1.73. The van der Waals surface area contributed by atoms with E-state index in [-0.39, 0.29) is 11.8 Å². The lowest BCUT2D eigenvalue weighted by Gasteiger charge is -2.26. The second-order valence-electron chi connectivity index (χ2n) is 5.87. The standard InChI is InChI=1S/C18H22N2O2/c19-17(15-7-9-22-10-8-15)18(21)20-12-13-5-6-14-3-1-2-4-16(14)11-13/h1-6,11,15,17H,7-10,12,19H2,(H,20,21). The predicted octanol–water partition coefficient (Wildman–Crippen LogP) is 2.21. The fourth-order valence-electron chi connectivity index (χ4n) is 2.94. The fraction of sp³-hybridized carbons (Fsp3) is 0.389. The lowest BCUT2D eigenvalue weighted by atomic mass is 9.92. The van der Waals surface area contributed by atoms with Crippen LogP contribution in [0, 0.1) is 5.92 Å². The average molecular weight is 298 g/mol. The fourth-order valence-corrected chi connectivity index (χ4v) is 2.94. The number of nitrogens with two attached hydrogens (primary N) is 1. The Balaban J connectivity index is 1.59. The summed E-state index contributed by atoms with van der Waals surface area (Å²) < 4.78 is 5.31. The molecule has 1 saturated heterocycles. The summed E-state index contributed by atoms with van der Waals surface area (Å²) in [5, 5.41) is 5.34. The van der Waals surface area contributed by atoms with Crippen molar-refractivity contribution < 1.29 is 9.53 Å². The van der Waals surface area contributed by atoms with Gasteiger partial charge in [0.05, 0.1) is 6.04 Å². The van der Waals surface area contributed by atoms with Crippen molar-refractivity contribution in [2.45, 2.75) is 25.4 Å². The largest absolute Gasteiger partial charge is 0.381 e. The van der Waals surface area contributed by atoms with Gasteiger partial charge in [0.15, 0.2) is 0 Å². The molecular formula is C18H22N2O2. The molecule has 0 aromatic heterocycles. The van der Waals surface area contributed by atoms with E-state index in [0.717, 1.165) is 18.4 Å². The predicted molar refractivity (Wildman–Crippen MR) is 87.3 cm³/mol. The van der Waals surface area contributed by atoms with Crippen LogP contribution in [-0.4, -0.2) is 25.2 Å². The highest BCUT2D eigenvalue weighted by molar-refractivity contribution is 5.84. The number of carbonyl (C=O) groups is 1. The van der Waals surface area contributed by atoms with E-state index in [1.54, 1.807) is 0 Å². The maximum atomic E-state index is 12.2. The summed E-state index contributed by atoms with van der Waals surface area (Å²) in [4.78, 5) is 12.2. The van der Waals surface area contributed by atoms with Crippen LogP contribution in [-0.2, 0) is 16.1 Å². The van der Waals surface area contributed by atoms with Gasteiger partial charge in [0.1, 0.15) is 0 Å². The molecule has 2 aromatic rings. The van der Waals surface area contributed by atoms with E-state index >= 15 is 0 Å². The summed E-state index contributed by atoms with van der Waals surface area (Å²) in [5.74, 6) is 0.158. The van der Waals surface area contributed by atoms with Crippen LogP contribution in [0.5, 0.6) is 0 Å². The number of rotatable bonds is 4. The third-order valence-electron chi connectivity index (χ3n) is 4.36. The monoisotopic (exact) mass is 298 g/mol. The molecule has 4 nitrogen and oxygen atoms in total. The first kappa shape index (κ1) is 15.0. The third-order valence-corrected chi connectivity index (χ3v) is 4.36. The van der Waals surface area contributed by atoms with Crippen LogP contribution < -0.4 is 11.1 Å². The highest BCUT2D eigenvalue weighted by atomic mass is 16.5. The quantitative estimate of drug-likeness (QED) is 0.909. The van der Waals surface area contributed by atoms with Crippen LogP contribution in [0.4, 0.5) is 0 Å². The van der Waals surface area contributed by atoms with Crippen molar-refractivity contribution in [3.8, 4) is 0 Å². The van der Waals surface area contributed by atoms with Gasteiger partial charge < -0.3 is 15.8 Å². The minimum absolute atomic E-state index is 0.0694. The number of nitrogens with one attached hydrogen (secondary N) is 1. The average Bonchev–Trinajstić information content (AvgIpc) is 2.59. The zero-order chi connectivity index (χ0) is 15.4. The Morgan fingerprint density at radius 2 is 1.91 bits per heavy atom.